The standard InChI is InChI=1S/C14H19NO4/c1-19-13-5-4-10(7-12(13)16)9-15-6-2-3-11(15)8-14(17)18/h4-5,7,11,16H,2-3,6,8-9H2,1H3,(H,17,18). The number of ether oxygens (including phenoxy) is 1. The molecule has 1 aliphatic heterocycles. The highest BCUT2D eigenvalue weighted by molar-refractivity contribution is 5.67. The molecule has 0 saturated carbocycles. The molecule has 1 unspecified atom stereocenters. The van der Waals surface area contributed by atoms with Gasteiger partial charge in [-0.2, -0.15) is 0 Å². The Morgan fingerprint density at radius 1 is 1.53 bits per heavy atom. The number of aliphatic carboxylic acids is 1. The predicted octanol–water partition coefficient (Wildman–Crippen LogP) is 1.84. The molecule has 0 bridgehead atoms. The van der Waals surface area contributed by atoms with Gasteiger partial charge in [-0.25, -0.2) is 0 Å². The van der Waals surface area contributed by atoms with Crippen LogP contribution in [0.3, 0.4) is 0 Å². The quantitative estimate of drug-likeness (QED) is 0.850. The van der Waals surface area contributed by atoms with Gasteiger partial charge >= 0.3 is 5.97 Å². The first-order chi connectivity index (χ1) is 9.10. The fourth-order valence-electron chi connectivity index (χ4n) is 2.60. The van der Waals surface area contributed by atoms with E-state index >= 15 is 0 Å². The first-order valence-corrected chi connectivity index (χ1v) is 6.42. The first-order valence-electron chi connectivity index (χ1n) is 6.42. The second kappa shape index (κ2) is 5.93. The van der Waals surface area contributed by atoms with Gasteiger partial charge in [-0.3, -0.25) is 9.69 Å². The highest BCUT2D eigenvalue weighted by atomic mass is 16.5. The van der Waals surface area contributed by atoms with Gasteiger partial charge < -0.3 is 14.9 Å². The lowest BCUT2D eigenvalue weighted by atomic mass is 10.1. The summed E-state index contributed by atoms with van der Waals surface area (Å²) in [5.41, 5.74) is 0.968. The third-order valence-corrected chi connectivity index (χ3v) is 3.54. The van der Waals surface area contributed by atoms with Crippen molar-refractivity contribution in [3.8, 4) is 11.5 Å². The van der Waals surface area contributed by atoms with Crippen molar-refractivity contribution >= 4 is 5.97 Å². The molecular weight excluding hydrogens is 246 g/mol. The predicted molar refractivity (Wildman–Crippen MR) is 70.3 cm³/mol. The SMILES string of the molecule is COc1ccc(CN2CCCC2CC(=O)O)cc1O. The monoisotopic (exact) mass is 265 g/mol. The molecule has 1 fully saturated rings. The summed E-state index contributed by atoms with van der Waals surface area (Å²) in [4.78, 5) is 13.0. The number of hydrogen-bond acceptors (Lipinski definition) is 4. The maximum Gasteiger partial charge on any atom is 0.304 e. The van der Waals surface area contributed by atoms with E-state index in [0.29, 0.717) is 12.3 Å². The van der Waals surface area contributed by atoms with E-state index in [9.17, 15) is 9.90 Å². The number of aromatic hydroxyl groups is 1. The molecule has 0 aromatic heterocycles. The molecule has 104 valence electrons. The van der Waals surface area contributed by atoms with Crippen molar-refractivity contribution in [1.29, 1.82) is 0 Å². The van der Waals surface area contributed by atoms with Gasteiger partial charge in [0.05, 0.1) is 13.5 Å². The molecule has 0 radical (unpaired) electrons. The third-order valence-electron chi connectivity index (χ3n) is 3.54. The summed E-state index contributed by atoms with van der Waals surface area (Å²) in [5.74, 6) is -0.185. The molecule has 5 heteroatoms. The van der Waals surface area contributed by atoms with Crippen LogP contribution in [-0.4, -0.2) is 40.8 Å². The molecular formula is C14H19NO4. The second-order valence-electron chi connectivity index (χ2n) is 4.87. The molecule has 1 aromatic rings. The molecule has 2 N–H and O–H groups in total. The fraction of sp³-hybridized carbons (Fsp3) is 0.500. The Balaban J connectivity index is 2.03. The van der Waals surface area contributed by atoms with Crippen molar-refractivity contribution in [2.24, 2.45) is 0 Å². The molecule has 0 amide bonds. The zero-order chi connectivity index (χ0) is 13.8. The number of likely N-dealkylation sites (tertiary alicyclic amines) is 1. The Morgan fingerprint density at radius 3 is 2.95 bits per heavy atom. The van der Waals surface area contributed by atoms with E-state index in [1.54, 1.807) is 12.1 Å². The van der Waals surface area contributed by atoms with Crippen LogP contribution in [0.1, 0.15) is 24.8 Å². The highest BCUT2D eigenvalue weighted by Crippen LogP contribution is 2.28. The Bertz CT molecular complexity index is 461. The summed E-state index contributed by atoms with van der Waals surface area (Å²) in [6.07, 6.45) is 2.14. The van der Waals surface area contributed by atoms with Gasteiger partial charge in [0.1, 0.15) is 0 Å². The van der Waals surface area contributed by atoms with E-state index in [1.165, 1.54) is 7.11 Å². The smallest absolute Gasteiger partial charge is 0.304 e. The highest BCUT2D eigenvalue weighted by Gasteiger charge is 2.26. The van der Waals surface area contributed by atoms with Gasteiger partial charge in [-0.15, -0.1) is 0 Å². The Morgan fingerprint density at radius 2 is 2.32 bits per heavy atom. The number of carboxylic acids is 1. The minimum Gasteiger partial charge on any atom is -0.504 e. The van der Waals surface area contributed by atoms with Crippen molar-refractivity contribution in [2.45, 2.75) is 31.8 Å². The van der Waals surface area contributed by atoms with E-state index in [-0.39, 0.29) is 18.2 Å². The van der Waals surface area contributed by atoms with Crippen molar-refractivity contribution in [3.63, 3.8) is 0 Å². The molecule has 1 aliphatic rings. The van der Waals surface area contributed by atoms with Gasteiger partial charge in [0.25, 0.3) is 0 Å². The van der Waals surface area contributed by atoms with Crippen molar-refractivity contribution < 1.29 is 19.7 Å². The number of nitrogens with zero attached hydrogens (tertiary/aromatic N) is 1. The number of hydrogen-bond donors (Lipinski definition) is 2. The van der Waals surface area contributed by atoms with Crippen LogP contribution in [0, 0.1) is 0 Å². The second-order valence-corrected chi connectivity index (χ2v) is 4.87. The van der Waals surface area contributed by atoms with E-state index < -0.39 is 5.97 Å². The number of methoxy groups -OCH3 is 1. The topological polar surface area (TPSA) is 70.0 Å². The minimum atomic E-state index is -0.755. The Kier molecular flexibility index (Phi) is 4.27. The molecule has 1 atom stereocenters. The number of phenolic OH excluding ortho intramolecular Hbond substituents is 1. The molecule has 19 heavy (non-hydrogen) atoms. The lowest BCUT2D eigenvalue weighted by Gasteiger charge is -2.23. The maximum atomic E-state index is 10.8. The number of phenols is 1. The van der Waals surface area contributed by atoms with Crippen molar-refractivity contribution in [1.82, 2.24) is 4.90 Å². The first kappa shape index (κ1) is 13.7. The number of carbonyl (C=O) groups is 1. The van der Waals surface area contributed by atoms with Crippen LogP contribution in [-0.2, 0) is 11.3 Å². The van der Waals surface area contributed by atoms with E-state index in [2.05, 4.69) is 4.90 Å². The van der Waals surface area contributed by atoms with E-state index in [1.807, 2.05) is 6.07 Å². The van der Waals surface area contributed by atoms with Gasteiger partial charge in [-0.1, -0.05) is 6.07 Å². The lowest BCUT2D eigenvalue weighted by Crippen LogP contribution is -2.30. The van der Waals surface area contributed by atoms with Crippen molar-refractivity contribution in [2.75, 3.05) is 13.7 Å². The minimum absolute atomic E-state index is 0.0988. The zero-order valence-electron chi connectivity index (χ0n) is 11.0. The van der Waals surface area contributed by atoms with Crippen molar-refractivity contribution in [3.05, 3.63) is 23.8 Å². The maximum absolute atomic E-state index is 10.8. The Labute approximate surface area is 112 Å². The number of benzene rings is 1. The summed E-state index contributed by atoms with van der Waals surface area (Å²) < 4.78 is 5.00. The molecule has 1 aromatic carbocycles. The van der Waals surface area contributed by atoms with Crippen LogP contribution in [0.25, 0.3) is 0 Å². The normalized spacial score (nSPS) is 19.5. The Hall–Kier alpha value is -1.75. The van der Waals surface area contributed by atoms with Crippen LogP contribution in [0.5, 0.6) is 11.5 Å². The van der Waals surface area contributed by atoms with Gasteiger partial charge in [0, 0.05) is 12.6 Å². The van der Waals surface area contributed by atoms with E-state index in [0.717, 1.165) is 24.9 Å². The zero-order valence-corrected chi connectivity index (χ0v) is 11.0. The molecule has 5 nitrogen and oxygen atoms in total. The van der Waals surface area contributed by atoms with E-state index in [4.69, 9.17) is 9.84 Å². The lowest BCUT2D eigenvalue weighted by molar-refractivity contribution is -0.138. The van der Waals surface area contributed by atoms with Crippen LogP contribution < -0.4 is 4.74 Å². The molecule has 1 heterocycles. The fourth-order valence-corrected chi connectivity index (χ4v) is 2.60. The van der Waals surface area contributed by atoms with Gasteiger partial charge in [-0.05, 0) is 37.1 Å². The molecule has 1 saturated heterocycles. The molecule has 2 rings (SSSR count). The number of carboxylic acid groups (broad SMARTS) is 1. The van der Waals surface area contributed by atoms with Crippen LogP contribution >= 0.6 is 0 Å². The molecule has 0 aliphatic carbocycles. The average Bonchev–Trinajstić information content (AvgIpc) is 2.76. The van der Waals surface area contributed by atoms with Gasteiger partial charge in [0.15, 0.2) is 11.5 Å². The summed E-state index contributed by atoms with van der Waals surface area (Å²) in [5, 5.41) is 18.6. The average molecular weight is 265 g/mol. The van der Waals surface area contributed by atoms with Crippen LogP contribution in [0.15, 0.2) is 18.2 Å². The number of rotatable bonds is 5. The van der Waals surface area contributed by atoms with Crippen LogP contribution in [0.4, 0.5) is 0 Å². The third kappa shape index (κ3) is 3.38. The van der Waals surface area contributed by atoms with Gasteiger partial charge in [0.2, 0.25) is 0 Å². The summed E-state index contributed by atoms with van der Waals surface area (Å²) in [6, 6.07) is 5.40. The van der Waals surface area contributed by atoms with Crippen LogP contribution in [0.2, 0.25) is 0 Å². The summed E-state index contributed by atoms with van der Waals surface area (Å²) in [7, 11) is 1.51. The largest absolute Gasteiger partial charge is 0.504 e. The molecule has 0 spiro atoms. The summed E-state index contributed by atoms with van der Waals surface area (Å²) >= 11 is 0. The summed E-state index contributed by atoms with van der Waals surface area (Å²) in [6.45, 7) is 1.57.